The van der Waals surface area contributed by atoms with Gasteiger partial charge in [0, 0.05) is 12.5 Å². The SMILES string of the molecule is C=C(C)C1CCC(C)CC1OCCOCCOCCCC. The van der Waals surface area contributed by atoms with Gasteiger partial charge in [-0.1, -0.05) is 32.4 Å². The number of ether oxygens (including phenoxy) is 3. The van der Waals surface area contributed by atoms with E-state index >= 15 is 0 Å². The van der Waals surface area contributed by atoms with Gasteiger partial charge >= 0.3 is 0 Å². The van der Waals surface area contributed by atoms with Crippen molar-refractivity contribution >= 4 is 0 Å². The van der Waals surface area contributed by atoms with Crippen LogP contribution in [-0.2, 0) is 14.2 Å². The van der Waals surface area contributed by atoms with Crippen LogP contribution in [0.15, 0.2) is 12.2 Å². The largest absolute Gasteiger partial charge is 0.379 e. The van der Waals surface area contributed by atoms with Gasteiger partial charge in [-0.05, 0) is 38.5 Å². The second-order valence-corrected chi connectivity index (χ2v) is 6.36. The highest BCUT2D eigenvalue weighted by Crippen LogP contribution is 2.34. The van der Waals surface area contributed by atoms with Gasteiger partial charge in [0.25, 0.3) is 0 Å². The van der Waals surface area contributed by atoms with Crippen LogP contribution in [0.1, 0.15) is 52.9 Å². The summed E-state index contributed by atoms with van der Waals surface area (Å²) in [7, 11) is 0. The van der Waals surface area contributed by atoms with Gasteiger partial charge < -0.3 is 14.2 Å². The van der Waals surface area contributed by atoms with E-state index in [0.29, 0.717) is 38.4 Å². The molecule has 0 aliphatic heterocycles. The van der Waals surface area contributed by atoms with Crippen molar-refractivity contribution in [3.63, 3.8) is 0 Å². The molecule has 124 valence electrons. The molecule has 0 radical (unpaired) electrons. The second kappa shape index (κ2) is 11.2. The molecule has 0 spiro atoms. The Kier molecular flexibility index (Phi) is 9.98. The van der Waals surface area contributed by atoms with E-state index in [-0.39, 0.29) is 0 Å². The maximum Gasteiger partial charge on any atom is 0.0704 e. The van der Waals surface area contributed by atoms with E-state index in [0.717, 1.165) is 25.4 Å². The Morgan fingerprint density at radius 1 is 1.05 bits per heavy atom. The minimum Gasteiger partial charge on any atom is -0.379 e. The third-order valence-electron chi connectivity index (χ3n) is 4.26. The molecule has 21 heavy (non-hydrogen) atoms. The van der Waals surface area contributed by atoms with Gasteiger partial charge in [-0.3, -0.25) is 0 Å². The molecule has 0 saturated heterocycles. The molecule has 0 bridgehead atoms. The molecular formula is C18H34O3. The van der Waals surface area contributed by atoms with Crippen LogP contribution in [0.3, 0.4) is 0 Å². The Balaban J connectivity index is 2.06. The van der Waals surface area contributed by atoms with Gasteiger partial charge in [0.15, 0.2) is 0 Å². The third kappa shape index (κ3) is 7.98. The maximum absolute atomic E-state index is 6.05. The number of hydrogen-bond donors (Lipinski definition) is 0. The Morgan fingerprint density at radius 2 is 1.71 bits per heavy atom. The first-order chi connectivity index (χ1) is 10.1. The molecule has 1 rings (SSSR count). The highest BCUT2D eigenvalue weighted by Gasteiger charge is 2.29. The van der Waals surface area contributed by atoms with Crippen molar-refractivity contribution in [2.75, 3.05) is 33.0 Å². The molecule has 0 aromatic carbocycles. The molecule has 0 aromatic heterocycles. The van der Waals surface area contributed by atoms with Gasteiger partial charge in [-0.15, -0.1) is 0 Å². The maximum atomic E-state index is 6.05. The molecule has 3 nitrogen and oxygen atoms in total. The van der Waals surface area contributed by atoms with Crippen LogP contribution in [0.5, 0.6) is 0 Å². The normalized spacial score (nSPS) is 26.0. The summed E-state index contributed by atoms with van der Waals surface area (Å²) < 4.78 is 17.1. The fraction of sp³-hybridized carbons (Fsp3) is 0.889. The quantitative estimate of drug-likeness (QED) is 0.422. The first kappa shape index (κ1) is 18.7. The summed E-state index contributed by atoms with van der Waals surface area (Å²) in [6, 6.07) is 0. The fourth-order valence-electron chi connectivity index (χ4n) is 2.90. The van der Waals surface area contributed by atoms with Crippen molar-refractivity contribution in [2.45, 2.75) is 59.0 Å². The van der Waals surface area contributed by atoms with Gasteiger partial charge in [0.2, 0.25) is 0 Å². The van der Waals surface area contributed by atoms with E-state index in [4.69, 9.17) is 14.2 Å². The third-order valence-corrected chi connectivity index (χ3v) is 4.26. The summed E-state index contributed by atoms with van der Waals surface area (Å²) in [6.45, 7) is 14.3. The first-order valence-electron chi connectivity index (χ1n) is 8.57. The minimum absolute atomic E-state index is 0.329. The molecular weight excluding hydrogens is 264 g/mol. The molecule has 3 atom stereocenters. The van der Waals surface area contributed by atoms with E-state index in [9.17, 15) is 0 Å². The van der Waals surface area contributed by atoms with Gasteiger partial charge in [0.1, 0.15) is 0 Å². The monoisotopic (exact) mass is 298 g/mol. The summed E-state index contributed by atoms with van der Waals surface area (Å²) in [6.07, 6.45) is 6.30. The topological polar surface area (TPSA) is 27.7 Å². The molecule has 0 aromatic rings. The van der Waals surface area contributed by atoms with E-state index in [1.807, 2.05) is 0 Å². The Bertz CT molecular complexity index is 278. The average Bonchev–Trinajstić information content (AvgIpc) is 2.45. The van der Waals surface area contributed by atoms with Gasteiger partial charge in [0.05, 0.1) is 32.5 Å². The van der Waals surface area contributed by atoms with Crippen molar-refractivity contribution in [1.82, 2.24) is 0 Å². The standard InChI is InChI=1S/C18H34O3/c1-5-6-9-19-10-11-20-12-13-21-18-14-16(4)7-8-17(18)15(2)3/h16-18H,2,5-14H2,1,3-4H3. The molecule has 0 heterocycles. The molecule has 0 N–H and O–H groups in total. The molecule has 3 heteroatoms. The van der Waals surface area contributed by atoms with E-state index in [2.05, 4.69) is 27.4 Å². The van der Waals surface area contributed by atoms with Crippen LogP contribution < -0.4 is 0 Å². The lowest BCUT2D eigenvalue weighted by molar-refractivity contribution is -0.0449. The molecule has 1 aliphatic rings. The summed E-state index contributed by atoms with van der Waals surface area (Å²) in [4.78, 5) is 0. The zero-order valence-electron chi connectivity index (χ0n) is 14.2. The number of hydrogen-bond acceptors (Lipinski definition) is 3. The molecule has 1 fully saturated rings. The number of unbranched alkanes of at least 4 members (excludes halogenated alkanes) is 1. The average molecular weight is 298 g/mol. The highest BCUT2D eigenvalue weighted by molar-refractivity contribution is 5.02. The van der Waals surface area contributed by atoms with Crippen LogP contribution in [-0.4, -0.2) is 39.1 Å². The predicted molar refractivity (Wildman–Crippen MR) is 87.6 cm³/mol. The predicted octanol–water partition coefficient (Wildman–Crippen LogP) is 4.22. The number of rotatable bonds is 11. The molecule has 0 amide bonds. The van der Waals surface area contributed by atoms with Crippen molar-refractivity contribution in [3.05, 3.63) is 12.2 Å². The fourth-order valence-corrected chi connectivity index (χ4v) is 2.90. The Hall–Kier alpha value is -0.380. The second-order valence-electron chi connectivity index (χ2n) is 6.36. The molecule has 1 aliphatic carbocycles. The molecule has 3 unspecified atom stereocenters. The van der Waals surface area contributed by atoms with Gasteiger partial charge in [-0.2, -0.15) is 0 Å². The van der Waals surface area contributed by atoms with Crippen molar-refractivity contribution in [3.8, 4) is 0 Å². The Morgan fingerprint density at radius 3 is 2.38 bits per heavy atom. The smallest absolute Gasteiger partial charge is 0.0704 e. The Labute approximate surface area is 131 Å². The van der Waals surface area contributed by atoms with E-state index in [1.54, 1.807) is 0 Å². The lowest BCUT2D eigenvalue weighted by Gasteiger charge is -2.35. The summed E-state index contributed by atoms with van der Waals surface area (Å²) in [5.41, 5.74) is 1.26. The summed E-state index contributed by atoms with van der Waals surface area (Å²) >= 11 is 0. The van der Waals surface area contributed by atoms with Crippen LogP contribution in [0, 0.1) is 11.8 Å². The zero-order chi connectivity index (χ0) is 15.5. The van der Waals surface area contributed by atoms with Crippen molar-refractivity contribution in [1.29, 1.82) is 0 Å². The molecule has 1 saturated carbocycles. The highest BCUT2D eigenvalue weighted by atomic mass is 16.5. The first-order valence-corrected chi connectivity index (χ1v) is 8.57. The zero-order valence-corrected chi connectivity index (χ0v) is 14.2. The summed E-state index contributed by atoms with van der Waals surface area (Å²) in [5, 5.41) is 0. The van der Waals surface area contributed by atoms with Crippen LogP contribution >= 0.6 is 0 Å². The van der Waals surface area contributed by atoms with Gasteiger partial charge in [-0.25, -0.2) is 0 Å². The van der Waals surface area contributed by atoms with Crippen LogP contribution in [0.25, 0.3) is 0 Å². The van der Waals surface area contributed by atoms with E-state index in [1.165, 1.54) is 24.8 Å². The lowest BCUT2D eigenvalue weighted by atomic mass is 9.78. The van der Waals surface area contributed by atoms with Crippen LogP contribution in [0.4, 0.5) is 0 Å². The van der Waals surface area contributed by atoms with E-state index < -0.39 is 0 Å². The summed E-state index contributed by atoms with van der Waals surface area (Å²) in [5.74, 6) is 1.29. The van der Waals surface area contributed by atoms with Crippen molar-refractivity contribution < 1.29 is 14.2 Å². The lowest BCUT2D eigenvalue weighted by Crippen LogP contribution is -2.32. The van der Waals surface area contributed by atoms with Crippen molar-refractivity contribution in [2.24, 2.45) is 11.8 Å². The minimum atomic E-state index is 0.329. The van der Waals surface area contributed by atoms with Crippen LogP contribution in [0.2, 0.25) is 0 Å².